The number of nitrogens with zero attached hydrogens (tertiary/aromatic N) is 1. The van der Waals surface area contributed by atoms with Gasteiger partial charge in [0, 0.05) is 62.2 Å². The highest BCUT2D eigenvalue weighted by molar-refractivity contribution is 7.26. The Bertz CT molecular complexity index is 3010. The topological polar surface area (TPSA) is 49.6 Å². The van der Waals surface area contributed by atoms with E-state index in [1.54, 1.807) is 0 Å². The number of fused-ring (bicyclic) bond motifs is 9. The smallest absolute Gasteiger partial charge is 0.142 e. The summed E-state index contributed by atoms with van der Waals surface area (Å²) >= 11 is 3.70. The first kappa shape index (κ1) is 29.0. The van der Waals surface area contributed by atoms with Crippen LogP contribution in [-0.2, 0) is 0 Å². The van der Waals surface area contributed by atoms with Crippen LogP contribution in [0, 0.1) is 0 Å². The molecule has 0 radical (unpaired) electrons. The molecule has 2 N–H and O–H groups in total. The van der Waals surface area contributed by atoms with Crippen molar-refractivity contribution in [2.24, 2.45) is 4.99 Å². The lowest BCUT2D eigenvalue weighted by atomic mass is 9.99. The van der Waals surface area contributed by atoms with Crippen LogP contribution in [0.2, 0.25) is 0 Å². The van der Waals surface area contributed by atoms with Gasteiger partial charge in [0.15, 0.2) is 0 Å². The second-order valence-electron chi connectivity index (χ2n) is 13.2. The standard InChI is InChI=1S/C45H29N3OS2/c1-2-10-26(11-3-1)43-46-44(28-20-22-32-30-12-4-6-18-38(30)50-40(32)25-28)48-45(47-43)35-17-9-15-33-36-24-27(21-23-37(36)49-41(33)35)29-14-8-16-34-31-13-5-7-19-39(31)51-42(29)34/h1-25,44-45,48H,(H,46,47). The summed E-state index contributed by atoms with van der Waals surface area (Å²) in [5, 5.41) is 15.0. The highest BCUT2D eigenvalue weighted by Crippen LogP contribution is 2.42. The van der Waals surface area contributed by atoms with Crippen molar-refractivity contribution in [2.75, 3.05) is 0 Å². The summed E-state index contributed by atoms with van der Waals surface area (Å²) in [5.74, 6) is 0.854. The number of amidine groups is 1. The summed E-state index contributed by atoms with van der Waals surface area (Å²) in [4.78, 5) is 5.24. The molecule has 4 heterocycles. The molecule has 242 valence electrons. The van der Waals surface area contributed by atoms with Crippen molar-refractivity contribution >= 4 is 90.8 Å². The molecule has 0 bridgehead atoms. The quantitative estimate of drug-likeness (QED) is 0.193. The molecular formula is C45H29N3OS2. The van der Waals surface area contributed by atoms with E-state index in [-0.39, 0.29) is 12.3 Å². The molecule has 51 heavy (non-hydrogen) atoms. The Hall–Kier alpha value is -5.79. The Labute approximate surface area is 301 Å². The number of para-hydroxylation sites is 1. The SMILES string of the molecule is c1ccc(C2=NC(c3ccc4c(c3)sc3ccccc34)NC(c3cccc4c3oc3ccc(-c5cccc6c5sc5ccccc56)cc34)N2)cc1. The van der Waals surface area contributed by atoms with Crippen LogP contribution < -0.4 is 10.6 Å². The van der Waals surface area contributed by atoms with Crippen LogP contribution >= 0.6 is 22.7 Å². The number of furan rings is 1. The van der Waals surface area contributed by atoms with Crippen LogP contribution in [-0.4, -0.2) is 5.84 Å². The van der Waals surface area contributed by atoms with E-state index < -0.39 is 0 Å². The maximum Gasteiger partial charge on any atom is 0.142 e. The van der Waals surface area contributed by atoms with Crippen molar-refractivity contribution in [3.8, 4) is 11.1 Å². The van der Waals surface area contributed by atoms with Gasteiger partial charge in [0.1, 0.15) is 29.3 Å². The summed E-state index contributed by atoms with van der Waals surface area (Å²) in [6, 6.07) is 54.2. The highest BCUT2D eigenvalue weighted by Gasteiger charge is 2.28. The van der Waals surface area contributed by atoms with Gasteiger partial charge in [0.05, 0.1) is 0 Å². The van der Waals surface area contributed by atoms with Gasteiger partial charge in [-0.1, -0.05) is 121 Å². The predicted octanol–water partition coefficient (Wildman–Crippen LogP) is 12.3. The first-order valence-electron chi connectivity index (χ1n) is 17.2. The summed E-state index contributed by atoms with van der Waals surface area (Å²) in [6.45, 7) is 0. The number of rotatable bonds is 4. The number of hydrogen-bond donors (Lipinski definition) is 2. The molecule has 1 aliphatic rings. The van der Waals surface area contributed by atoms with Gasteiger partial charge in [-0.25, -0.2) is 4.99 Å². The second-order valence-corrected chi connectivity index (χ2v) is 15.3. The predicted molar refractivity (Wildman–Crippen MR) is 216 cm³/mol. The lowest BCUT2D eigenvalue weighted by Gasteiger charge is -2.32. The Morgan fingerprint density at radius 3 is 2.14 bits per heavy atom. The van der Waals surface area contributed by atoms with Gasteiger partial charge >= 0.3 is 0 Å². The Kier molecular flexibility index (Phi) is 6.46. The van der Waals surface area contributed by atoms with Crippen LogP contribution in [0.5, 0.6) is 0 Å². The molecule has 0 aliphatic carbocycles. The van der Waals surface area contributed by atoms with E-state index in [0.717, 1.165) is 44.5 Å². The van der Waals surface area contributed by atoms with Crippen LogP contribution in [0.3, 0.4) is 0 Å². The van der Waals surface area contributed by atoms with Gasteiger partial charge < -0.3 is 9.73 Å². The molecule has 3 aromatic heterocycles. The van der Waals surface area contributed by atoms with Crippen LogP contribution in [0.4, 0.5) is 0 Å². The van der Waals surface area contributed by atoms with Crippen LogP contribution in [0.25, 0.3) is 73.4 Å². The molecular weight excluding hydrogens is 663 g/mol. The molecule has 7 aromatic carbocycles. The fourth-order valence-electron chi connectivity index (χ4n) is 7.73. The molecule has 10 aromatic rings. The molecule has 0 fully saturated rings. The monoisotopic (exact) mass is 691 g/mol. The summed E-state index contributed by atoms with van der Waals surface area (Å²) in [7, 11) is 0. The van der Waals surface area contributed by atoms with E-state index in [4.69, 9.17) is 9.41 Å². The lowest BCUT2D eigenvalue weighted by Crippen LogP contribution is -2.45. The zero-order valence-corrected chi connectivity index (χ0v) is 28.9. The van der Waals surface area contributed by atoms with Crippen molar-refractivity contribution in [2.45, 2.75) is 12.3 Å². The minimum atomic E-state index is -0.255. The molecule has 2 atom stereocenters. The van der Waals surface area contributed by atoms with Crippen molar-refractivity contribution in [1.82, 2.24) is 10.6 Å². The molecule has 0 saturated heterocycles. The summed E-state index contributed by atoms with van der Waals surface area (Å²) in [6.07, 6.45) is -0.494. The molecule has 1 aliphatic heterocycles. The Morgan fingerprint density at radius 2 is 1.25 bits per heavy atom. The molecule has 4 nitrogen and oxygen atoms in total. The zero-order chi connectivity index (χ0) is 33.5. The third-order valence-electron chi connectivity index (χ3n) is 10.2. The maximum atomic E-state index is 6.72. The molecule has 0 saturated carbocycles. The van der Waals surface area contributed by atoms with Gasteiger partial charge in [0.25, 0.3) is 0 Å². The maximum absolute atomic E-state index is 6.72. The third kappa shape index (κ3) is 4.65. The van der Waals surface area contributed by atoms with Gasteiger partial charge in [-0.05, 0) is 47.0 Å². The number of benzene rings is 7. The number of hydrogen-bond acceptors (Lipinski definition) is 6. The average Bonchev–Trinajstić information content (AvgIpc) is 3.88. The highest BCUT2D eigenvalue weighted by atomic mass is 32.1. The van der Waals surface area contributed by atoms with E-state index >= 15 is 0 Å². The minimum absolute atomic E-state index is 0.239. The Morgan fingerprint density at radius 1 is 0.529 bits per heavy atom. The molecule has 0 spiro atoms. The molecule has 11 rings (SSSR count). The van der Waals surface area contributed by atoms with Crippen LogP contribution in [0.15, 0.2) is 161 Å². The van der Waals surface area contributed by atoms with E-state index in [0.29, 0.717) is 0 Å². The molecule has 6 heteroatoms. The normalized spacial score (nSPS) is 16.4. The Balaban J connectivity index is 1.02. The molecule has 2 unspecified atom stereocenters. The van der Waals surface area contributed by atoms with Crippen LogP contribution in [0.1, 0.15) is 29.0 Å². The van der Waals surface area contributed by atoms with E-state index in [1.807, 2.05) is 28.7 Å². The van der Waals surface area contributed by atoms with E-state index in [2.05, 4.69) is 156 Å². The van der Waals surface area contributed by atoms with Crippen molar-refractivity contribution in [3.05, 3.63) is 168 Å². The van der Waals surface area contributed by atoms with Gasteiger partial charge in [0.2, 0.25) is 0 Å². The number of aliphatic imine (C=N–C) groups is 1. The summed E-state index contributed by atoms with van der Waals surface area (Å²) in [5.41, 5.74) is 7.43. The van der Waals surface area contributed by atoms with E-state index in [1.165, 1.54) is 51.5 Å². The fourth-order valence-corrected chi connectivity index (χ4v) is 10.1. The minimum Gasteiger partial charge on any atom is -0.456 e. The average molecular weight is 692 g/mol. The zero-order valence-electron chi connectivity index (χ0n) is 27.3. The number of nitrogens with one attached hydrogen (secondary N) is 2. The van der Waals surface area contributed by atoms with Gasteiger partial charge in [-0.3, -0.25) is 5.32 Å². The van der Waals surface area contributed by atoms with Crippen molar-refractivity contribution in [3.63, 3.8) is 0 Å². The molecule has 0 amide bonds. The largest absolute Gasteiger partial charge is 0.456 e. The van der Waals surface area contributed by atoms with Gasteiger partial charge in [-0.2, -0.15) is 0 Å². The van der Waals surface area contributed by atoms with Crippen molar-refractivity contribution in [1.29, 1.82) is 0 Å². The van der Waals surface area contributed by atoms with Crippen molar-refractivity contribution < 1.29 is 4.42 Å². The van der Waals surface area contributed by atoms with E-state index in [9.17, 15) is 0 Å². The second kappa shape index (κ2) is 11.4. The fraction of sp³-hybridized carbons (Fsp3) is 0.0444. The lowest BCUT2D eigenvalue weighted by molar-refractivity contribution is 0.408. The summed E-state index contributed by atoms with van der Waals surface area (Å²) < 4.78 is 11.9. The first-order valence-corrected chi connectivity index (χ1v) is 18.8. The number of thiophene rings is 2. The first-order chi connectivity index (χ1) is 25.2. The van der Waals surface area contributed by atoms with Gasteiger partial charge in [-0.15, -0.1) is 22.7 Å². The third-order valence-corrected chi connectivity index (χ3v) is 12.5.